The van der Waals surface area contributed by atoms with Crippen molar-refractivity contribution >= 4 is 47.1 Å². The Balaban J connectivity index is 2.66. The van der Waals surface area contributed by atoms with Gasteiger partial charge in [0, 0.05) is 22.6 Å². The maximum atomic E-state index is 12.0. The molecule has 0 aliphatic rings. The van der Waals surface area contributed by atoms with Crippen LogP contribution in [-0.4, -0.2) is 56.1 Å². The molecule has 32 heavy (non-hydrogen) atoms. The van der Waals surface area contributed by atoms with Crippen LogP contribution in [0.1, 0.15) is 0 Å². The summed E-state index contributed by atoms with van der Waals surface area (Å²) in [5.74, 6) is -2.03. The molecule has 0 fully saturated rings. The molecule has 1 aromatic heterocycles. The molecule has 1 radical (unpaired) electrons. The van der Waals surface area contributed by atoms with Crippen LogP contribution in [0.25, 0.3) is 22.0 Å². The Kier molecular flexibility index (Phi) is 5.57. The molecule has 0 atom stereocenters. The summed E-state index contributed by atoms with van der Waals surface area (Å²) in [6.07, 6.45) is 0. The first-order valence-corrected chi connectivity index (χ1v) is 12.4. The van der Waals surface area contributed by atoms with Gasteiger partial charge in [-0.3, -0.25) is 19.4 Å². The van der Waals surface area contributed by atoms with Gasteiger partial charge in [-0.25, -0.2) is 4.98 Å². The third kappa shape index (κ3) is 4.18. The van der Waals surface area contributed by atoms with Gasteiger partial charge in [0.15, 0.2) is 0 Å². The zero-order valence-electron chi connectivity index (χ0n) is 15.7. The maximum absolute atomic E-state index is 12.0. The van der Waals surface area contributed by atoms with Gasteiger partial charge < -0.3 is 9.84 Å². The second-order valence-electron chi connectivity index (χ2n) is 6.29. The molecule has 171 valence electrons. The zero-order valence-corrected chi connectivity index (χ0v) is 18.2. The number of aromatic hydroxyl groups is 1. The molecule has 0 bridgehead atoms. The summed E-state index contributed by atoms with van der Waals surface area (Å²) in [5.41, 5.74) is 5.43. The van der Waals surface area contributed by atoms with E-state index in [1.54, 1.807) is 0 Å². The van der Waals surface area contributed by atoms with Gasteiger partial charge in [-0.05, 0) is 24.3 Å². The second-order valence-corrected chi connectivity index (χ2v) is 10.5. The van der Waals surface area contributed by atoms with Crippen LogP contribution in [0.3, 0.4) is 0 Å². The molecule has 1 heterocycles. The summed E-state index contributed by atoms with van der Waals surface area (Å²) in [5, 5.41) is 10.6. The lowest BCUT2D eigenvalue weighted by atomic mass is 10.0. The van der Waals surface area contributed by atoms with E-state index in [9.17, 15) is 44.0 Å². The third-order valence-electron chi connectivity index (χ3n) is 4.30. The number of hydrogen-bond acceptors (Lipinski definition) is 9. The fourth-order valence-corrected chi connectivity index (χ4v) is 5.09. The van der Waals surface area contributed by atoms with Crippen molar-refractivity contribution in [3.63, 3.8) is 0 Å². The number of nitrogens with one attached hydrogen (secondary N) is 1. The van der Waals surface area contributed by atoms with Crippen molar-refractivity contribution in [2.45, 2.75) is 14.7 Å². The Labute approximate surface area is 181 Å². The molecule has 0 saturated carbocycles. The number of phenolic OH excluding ortho intramolecular Hbond substituents is 1. The molecule has 3 aromatic rings. The van der Waals surface area contributed by atoms with Crippen molar-refractivity contribution in [2.24, 2.45) is 0 Å². The Bertz CT molecular complexity index is 1600. The average molecular weight is 505 g/mol. The first-order chi connectivity index (χ1) is 14.6. The van der Waals surface area contributed by atoms with Gasteiger partial charge in [-0.2, -0.15) is 25.3 Å². The minimum atomic E-state index is -5.22. The fraction of sp³-hybridized carbons (Fsp3) is 0.0625. The molecule has 0 spiro atoms. The van der Waals surface area contributed by atoms with Gasteiger partial charge >= 0.3 is 0 Å². The summed E-state index contributed by atoms with van der Waals surface area (Å²) in [6.45, 7) is 0. The van der Waals surface area contributed by atoms with Gasteiger partial charge in [0.05, 0.1) is 12.6 Å². The van der Waals surface area contributed by atoms with Crippen LogP contribution in [0, 0.1) is 0 Å². The molecule has 3 rings (SSSR count). The van der Waals surface area contributed by atoms with Gasteiger partial charge in [0.1, 0.15) is 32.0 Å². The average Bonchev–Trinajstić information content (AvgIpc) is 2.64. The highest BCUT2D eigenvalue weighted by Crippen LogP contribution is 2.45. The first-order valence-electron chi connectivity index (χ1n) is 8.09. The number of aromatic nitrogens is 1. The highest BCUT2D eigenvalue weighted by atomic mass is 32.2. The van der Waals surface area contributed by atoms with Crippen LogP contribution < -0.4 is 10.5 Å². The van der Waals surface area contributed by atoms with Gasteiger partial charge in [0.2, 0.25) is 0 Å². The molecular weight excluding hydrogens is 492 g/mol. The minimum Gasteiger partial charge on any atom is -0.507 e. The Morgan fingerprint density at radius 2 is 1.41 bits per heavy atom. The van der Waals surface area contributed by atoms with Crippen molar-refractivity contribution in [3.05, 3.63) is 30.3 Å². The van der Waals surface area contributed by atoms with Crippen LogP contribution in [-0.2, 0) is 30.4 Å². The number of ether oxygens (including phenoxy) is 1. The Morgan fingerprint density at radius 1 is 0.844 bits per heavy atom. The van der Waals surface area contributed by atoms with E-state index < -0.39 is 67.7 Å². The van der Waals surface area contributed by atoms with Crippen molar-refractivity contribution in [1.82, 2.24) is 10.7 Å². The number of nitrogens with zero attached hydrogens (tertiary/aromatic N) is 1. The second kappa shape index (κ2) is 7.54. The number of hydrogen-bond donors (Lipinski definition) is 4. The number of fused-ring (bicyclic) bond motifs is 1. The van der Waals surface area contributed by atoms with E-state index in [4.69, 9.17) is 10.5 Å². The molecule has 0 amide bonds. The van der Waals surface area contributed by atoms with E-state index in [0.29, 0.717) is 18.2 Å². The zero-order chi connectivity index (χ0) is 24.2. The van der Waals surface area contributed by atoms with E-state index in [2.05, 4.69) is 4.98 Å². The number of methoxy groups -OCH3 is 1. The molecule has 0 unspecified atom stereocenters. The van der Waals surface area contributed by atoms with Crippen LogP contribution in [0.2, 0.25) is 0 Å². The predicted molar refractivity (Wildman–Crippen MR) is 108 cm³/mol. The molecule has 0 saturated heterocycles. The number of phenols is 1. The quantitative estimate of drug-likeness (QED) is 0.359. The predicted octanol–water partition coefficient (Wildman–Crippen LogP) is 1.27. The lowest BCUT2D eigenvalue weighted by Gasteiger charge is -2.17. The van der Waals surface area contributed by atoms with Crippen LogP contribution in [0.4, 0.5) is 5.82 Å². The summed E-state index contributed by atoms with van der Waals surface area (Å²) in [7, 11) is -14.6. The lowest BCUT2D eigenvalue weighted by Crippen LogP contribution is -2.09. The Hall–Kier alpha value is -3.02. The standard InChI is InChI=1S/C16H13N2O11S3/c1-29-10-6-11(30(20,21)22)8(4-12(10)31(23,24)25)15-13(32(26,27)28)5-9-7(16(15)19)2-3-14(17)18-9/h2-6,17,19H,1H3,(H,20,21,22)(H,23,24,25)(H,26,27,28). The van der Waals surface area contributed by atoms with Crippen molar-refractivity contribution in [1.29, 1.82) is 0 Å². The topological polar surface area (TPSA) is 229 Å². The van der Waals surface area contributed by atoms with E-state index in [1.165, 1.54) is 0 Å². The lowest BCUT2D eigenvalue weighted by molar-refractivity contribution is 0.395. The summed E-state index contributed by atoms with van der Waals surface area (Å²) in [6, 6.07) is 3.89. The smallest absolute Gasteiger partial charge is 0.298 e. The Morgan fingerprint density at radius 3 is 1.91 bits per heavy atom. The third-order valence-corrected chi connectivity index (χ3v) is 6.95. The minimum absolute atomic E-state index is 0.200. The van der Waals surface area contributed by atoms with Crippen molar-refractivity contribution in [3.8, 4) is 22.6 Å². The number of rotatable bonds is 5. The molecular formula is C16H13N2O11S3. The fourth-order valence-electron chi connectivity index (χ4n) is 3.01. The van der Waals surface area contributed by atoms with E-state index in [-0.39, 0.29) is 16.7 Å². The summed E-state index contributed by atoms with van der Waals surface area (Å²) in [4.78, 5) is 0.464. The molecule has 5 N–H and O–H groups in total. The van der Waals surface area contributed by atoms with Crippen molar-refractivity contribution in [2.75, 3.05) is 7.11 Å². The monoisotopic (exact) mass is 505 g/mol. The number of pyridine rings is 1. The molecule has 2 aromatic carbocycles. The summed E-state index contributed by atoms with van der Waals surface area (Å²) >= 11 is 0. The van der Waals surface area contributed by atoms with Crippen LogP contribution in [0.15, 0.2) is 45.0 Å². The highest BCUT2D eigenvalue weighted by Gasteiger charge is 2.31. The van der Waals surface area contributed by atoms with Gasteiger partial charge in [-0.15, -0.1) is 0 Å². The van der Waals surface area contributed by atoms with Crippen LogP contribution in [0.5, 0.6) is 11.5 Å². The molecule has 0 aliphatic heterocycles. The van der Waals surface area contributed by atoms with Crippen LogP contribution >= 0.6 is 0 Å². The van der Waals surface area contributed by atoms with E-state index in [1.807, 2.05) is 0 Å². The largest absolute Gasteiger partial charge is 0.507 e. The van der Waals surface area contributed by atoms with Gasteiger partial charge in [0.25, 0.3) is 30.4 Å². The molecule has 16 heteroatoms. The SMILES string of the molecule is COc1cc(S(=O)(=O)O)c(-c2c(S(=O)(=O)O)cc3nc([NH])ccc3c2O)cc1S(=O)(=O)O. The molecule has 0 aliphatic carbocycles. The maximum Gasteiger partial charge on any atom is 0.298 e. The highest BCUT2D eigenvalue weighted by molar-refractivity contribution is 7.86. The van der Waals surface area contributed by atoms with E-state index in [0.717, 1.165) is 19.2 Å². The summed E-state index contributed by atoms with van der Waals surface area (Å²) < 4.78 is 105. The first kappa shape index (κ1) is 23.6. The number of benzene rings is 2. The normalized spacial score (nSPS) is 12.8. The van der Waals surface area contributed by atoms with E-state index >= 15 is 0 Å². The molecule has 13 nitrogen and oxygen atoms in total. The van der Waals surface area contributed by atoms with Gasteiger partial charge in [-0.1, -0.05) is 0 Å². The van der Waals surface area contributed by atoms with Crippen molar-refractivity contribution < 1.29 is 48.8 Å².